The molecular weight excluding hydrogens is 1300 g/mol. The Balaban J connectivity index is 0.000000141. The zero-order chi connectivity index (χ0) is 70.0. The topological polar surface area (TPSA) is 113 Å². The summed E-state index contributed by atoms with van der Waals surface area (Å²) in [6, 6.07) is 126. The zero-order valence-electron chi connectivity index (χ0n) is 57.0. The molecule has 0 aliphatic carbocycles. The average molecular weight is 1360 g/mol. The van der Waals surface area contributed by atoms with Crippen LogP contribution in [0.1, 0.15) is 0 Å². The van der Waals surface area contributed by atoms with Crippen LogP contribution in [0.15, 0.2) is 373 Å². The normalized spacial score (nSPS) is 11.6. The fraction of sp³-hybridized carbons (Fsp3) is 0. The molecule has 0 spiro atoms. The van der Waals surface area contributed by atoms with Crippen LogP contribution in [-0.4, -0.2) is 39.0 Å². The molecule has 10 nitrogen and oxygen atoms in total. The van der Waals surface area contributed by atoms with Crippen molar-refractivity contribution < 1.29 is 8.83 Å². The molecule has 6 heterocycles. The SMILES string of the molecule is c1ccc(-c2nc(-c3ccccc3)nc(-c3ccc4c(c3)oc3cccc(-c5ccc6c7ccccc7n(-c7ccccc7)c6c5)c34)n2)cc1.c1ccc(-c2nc(-c3ccccc3)nc(-c3ccc4c(c3)oc3cccc(-c5cccc(-c6ccc7c8ccccc8n(-c8ccccc8)c7c6)c5)c34)n2)cc1. The highest BCUT2D eigenvalue weighted by Crippen LogP contribution is 2.44. The van der Waals surface area contributed by atoms with Crippen molar-refractivity contribution in [2.45, 2.75) is 0 Å². The molecule has 0 atom stereocenters. The van der Waals surface area contributed by atoms with E-state index >= 15 is 0 Å². The highest BCUT2D eigenvalue weighted by atomic mass is 16.3. The van der Waals surface area contributed by atoms with Crippen molar-refractivity contribution in [2.24, 2.45) is 0 Å². The monoisotopic (exact) mass is 1360 g/mol. The van der Waals surface area contributed by atoms with Gasteiger partial charge in [0.25, 0.3) is 0 Å². The lowest BCUT2D eigenvalue weighted by molar-refractivity contribution is 0.668. The van der Waals surface area contributed by atoms with Crippen LogP contribution in [0.4, 0.5) is 0 Å². The summed E-state index contributed by atoms with van der Waals surface area (Å²) in [6.07, 6.45) is 0. The largest absolute Gasteiger partial charge is 0.456 e. The van der Waals surface area contributed by atoms with E-state index in [0.717, 1.165) is 122 Å². The van der Waals surface area contributed by atoms with Gasteiger partial charge in [-0.25, -0.2) is 29.9 Å². The van der Waals surface area contributed by atoms with Crippen LogP contribution in [0, 0.1) is 0 Å². The Bertz CT molecular complexity index is 6820. The average Bonchev–Trinajstić information content (AvgIpc) is 1.60. The second-order valence-corrected chi connectivity index (χ2v) is 26.5. The Morgan fingerprint density at radius 3 is 0.896 bits per heavy atom. The van der Waals surface area contributed by atoms with E-state index < -0.39 is 0 Å². The van der Waals surface area contributed by atoms with Crippen molar-refractivity contribution >= 4 is 87.5 Å². The molecule has 6 aromatic heterocycles. The molecule has 0 aliphatic rings. The van der Waals surface area contributed by atoms with Crippen molar-refractivity contribution in [3.63, 3.8) is 0 Å². The molecule has 106 heavy (non-hydrogen) atoms. The van der Waals surface area contributed by atoms with Gasteiger partial charge in [0.1, 0.15) is 22.3 Å². The number of furan rings is 2. The Labute approximate surface area is 608 Å². The van der Waals surface area contributed by atoms with Crippen LogP contribution in [0.25, 0.3) is 201 Å². The van der Waals surface area contributed by atoms with Crippen molar-refractivity contribution in [1.29, 1.82) is 0 Å². The van der Waals surface area contributed by atoms with E-state index in [1.807, 2.05) is 133 Å². The molecule has 0 N–H and O–H groups in total. The van der Waals surface area contributed by atoms with Gasteiger partial charge in [0.2, 0.25) is 0 Å². The lowest BCUT2D eigenvalue weighted by atomic mass is 9.95. The first-order chi connectivity index (χ1) is 52.5. The van der Waals surface area contributed by atoms with Crippen LogP contribution in [0.3, 0.4) is 0 Å². The van der Waals surface area contributed by atoms with Gasteiger partial charge < -0.3 is 18.0 Å². The quantitative estimate of drug-likeness (QED) is 0.126. The number of para-hydroxylation sites is 4. The zero-order valence-corrected chi connectivity index (χ0v) is 57.0. The van der Waals surface area contributed by atoms with Gasteiger partial charge >= 0.3 is 0 Å². The lowest BCUT2D eigenvalue weighted by Gasteiger charge is -2.10. The Morgan fingerprint density at radius 2 is 0.472 bits per heavy atom. The molecule has 0 aliphatic heterocycles. The fourth-order valence-corrected chi connectivity index (χ4v) is 15.2. The first-order valence-corrected chi connectivity index (χ1v) is 35.5. The minimum absolute atomic E-state index is 0.594. The molecule has 0 saturated carbocycles. The van der Waals surface area contributed by atoms with Gasteiger partial charge in [-0.2, -0.15) is 0 Å². The van der Waals surface area contributed by atoms with E-state index in [-0.39, 0.29) is 0 Å². The van der Waals surface area contributed by atoms with Crippen LogP contribution in [-0.2, 0) is 0 Å². The van der Waals surface area contributed by atoms with Gasteiger partial charge in [-0.1, -0.05) is 273 Å². The van der Waals surface area contributed by atoms with Crippen molar-refractivity contribution in [3.05, 3.63) is 364 Å². The molecule has 0 saturated heterocycles. The summed E-state index contributed by atoms with van der Waals surface area (Å²) in [4.78, 5) is 29.5. The van der Waals surface area contributed by atoms with Crippen LogP contribution < -0.4 is 0 Å². The molecule has 0 bridgehead atoms. The van der Waals surface area contributed by atoms with E-state index in [4.69, 9.17) is 38.7 Å². The molecule has 21 aromatic rings. The summed E-state index contributed by atoms with van der Waals surface area (Å²) in [5.41, 5.74) is 22.5. The van der Waals surface area contributed by atoms with Gasteiger partial charge in [-0.05, 0) is 124 Å². The fourth-order valence-electron chi connectivity index (χ4n) is 15.2. The highest BCUT2D eigenvalue weighted by Gasteiger charge is 2.22. The van der Waals surface area contributed by atoms with Crippen LogP contribution in [0.2, 0.25) is 0 Å². The maximum absolute atomic E-state index is 6.58. The second-order valence-electron chi connectivity index (χ2n) is 26.5. The summed E-state index contributed by atoms with van der Waals surface area (Å²) in [7, 11) is 0. The number of rotatable bonds is 11. The highest BCUT2D eigenvalue weighted by molar-refractivity contribution is 6.17. The molecule has 496 valence electrons. The third kappa shape index (κ3) is 10.9. The summed E-state index contributed by atoms with van der Waals surface area (Å²) in [5.74, 6) is 3.70. The number of benzene rings is 15. The molecule has 21 rings (SSSR count). The van der Waals surface area contributed by atoms with Crippen LogP contribution in [0.5, 0.6) is 0 Å². The van der Waals surface area contributed by atoms with Gasteiger partial charge in [-0.3, -0.25) is 0 Å². The maximum atomic E-state index is 6.58. The molecule has 10 heteroatoms. The molecule has 0 unspecified atom stereocenters. The van der Waals surface area contributed by atoms with Crippen molar-refractivity contribution in [3.8, 4) is 113 Å². The Kier molecular flexibility index (Phi) is 15.0. The third-order valence-corrected chi connectivity index (χ3v) is 20.1. The van der Waals surface area contributed by atoms with E-state index in [2.05, 4.69) is 240 Å². The van der Waals surface area contributed by atoms with E-state index in [1.54, 1.807) is 0 Å². The number of aromatic nitrogens is 8. The number of hydrogen-bond donors (Lipinski definition) is 0. The predicted octanol–water partition coefficient (Wildman–Crippen LogP) is 24.7. The third-order valence-electron chi connectivity index (χ3n) is 20.1. The van der Waals surface area contributed by atoms with Crippen LogP contribution >= 0.6 is 0 Å². The molecule has 0 radical (unpaired) electrons. The molecule has 15 aromatic carbocycles. The maximum Gasteiger partial charge on any atom is 0.164 e. The van der Waals surface area contributed by atoms with Gasteiger partial charge in [-0.15, -0.1) is 0 Å². The Morgan fingerprint density at radius 1 is 0.179 bits per heavy atom. The van der Waals surface area contributed by atoms with Gasteiger partial charge in [0, 0.05) is 87.8 Å². The van der Waals surface area contributed by atoms with Crippen molar-refractivity contribution in [1.82, 2.24) is 39.0 Å². The summed E-state index contributed by atoms with van der Waals surface area (Å²) < 4.78 is 17.9. The molecule has 0 amide bonds. The van der Waals surface area contributed by atoms with E-state index in [1.165, 1.54) is 43.6 Å². The molecular formula is C96H60N8O2. The van der Waals surface area contributed by atoms with Crippen molar-refractivity contribution in [2.75, 3.05) is 0 Å². The first-order valence-electron chi connectivity index (χ1n) is 35.5. The van der Waals surface area contributed by atoms with E-state index in [9.17, 15) is 0 Å². The minimum atomic E-state index is 0.594. The summed E-state index contributed by atoms with van der Waals surface area (Å²) >= 11 is 0. The van der Waals surface area contributed by atoms with Gasteiger partial charge in [0.15, 0.2) is 34.9 Å². The molecule has 0 fully saturated rings. The summed E-state index contributed by atoms with van der Waals surface area (Å²) in [5, 5.41) is 9.20. The second kappa shape index (κ2) is 25.8. The number of hydrogen-bond acceptors (Lipinski definition) is 8. The number of nitrogens with zero attached hydrogens (tertiary/aromatic N) is 8. The smallest absolute Gasteiger partial charge is 0.164 e. The Hall–Kier alpha value is -14.5. The lowest BCUT2D eigenvalue weighted by Crippen LogP contribution is -2.00. The summed E-state index contributed by atoms with van der Waals surface area (Å²) in [6.45, 7) is 0. The number of fused-ring (bicyclic) bond motifs is 12. The predicted molar refractivity (Wildman–Crippen MR) is 432 cm³/mol. The first kappa shape index (κ1) is 61.4. The van der Waals surface area contributed by atoms with E-state index in [0.29, 0.717) is 34.9 Å². The standard InChI is InChI=1S/C51H32N4O.C45H28N4O/c1-4-14-33(15-5-1)49-52-50(34-16-6-2-7-17-34)54-51(53-49)38-27-29-43-47(32-38)56-46-25-13-23-40(48(43)46)37-19-12-18-35(30-37)36-26-28-42-41-22-10-11-24-44(41)55(45(42)31-36)39-20-8-3-9-21-39;1-4-13-29(14-5-1)43-46-44(30-15-6-2-7-16-30)48-45(47-43)32-24-26-37-41(28-32)50-40-22-12-20-34(42(37)40)31-23-25-36-35-19-10-11-21-38(35)49(39(36)27-31)33-17-8-3-9-18-33/h1-32H;1-28H. The minimum Gasteiger partial charge on any atom is -0.456 e. The van der Waals surface area contributed by atoms with Gasteiger partial charge in [0.05, 0.1) is 22.1 Å².